The molecular weight excluding hydrogens is 319 g/mol. The molecule has 7 heteroatoms. The zero-order valence-corrected chi connectivity index (χ0v) is 13.0. The second-order valence-corrected chi connectivity index (χ2v) is 5.46. The van der Waals surface area contributed by atoms with Gasteiger partial charge in [-0.25, -0.2) is 9.07 Å². The molecule has 1 aromatic carbocycles. The van der Waals surface area contributed by atoms with Gasteiger partial charge in [-0.2, -0.15) is 0 Å². The van der Waals surface area contributed by atoms with E-state index in [1.165, 1.54) is 23.0 Å². The lowest BCUT2D eigenvalue weighted by Gasteiger charge is -2.03. The number of pyridine rings is 1. The third-order valence-electron chi connectivity index (χ3n) is 3.36. The molecule has 5 nitrogen and oxygen atoms in total. The molecule has 0 aliphatic rings. The maximum Gasteiger partial charge on any atom is 0.189 e. The Kier molecular flexibility index (Phi) is 4.16. The summed E-state index contributed by atoms with van der Waals surface area (Å²) in [5.74, 6) is -0.517. The van der Waals surface area contributed by atoms with Crippen molar-refractivity contribution in [1.29, 1.82) is 0 Å². The highest BCUT2D eigenvalue weighted by atomic mass is 35.5. The number of carbonyl (C=O) groups excluding carboxylic acids is 1. The molecule has 0 spiro atoms. The van der Waals surface area contributed by atoms with Gasteiger partial charge < -0.3 is 0 Å². The van der Waals surface area contributed by atoms with Gasteiger partial charge in [0.25, 0.3) is 0 Å². The molecule has 2 aromatic heterocycles. The van der Waals surface area contributed by atoms with Gasteiger partial charge in [-0.15, -0.1) is 5.10 Å². The molecule has 23 heavy (non-hydrogen) atoms. The summed E-state index contributed by atoms with van der Waals surface area (Å²) in [5.41, 5.74) is 2.21. The summed E-state index contributed by atoms with van der Waals surface area (Å²) < 4.78 is 14.5. The lowest BCUT2D eigenvalue weighted by atomic mass is 10.1. The van der Waals surface area contributed by atoms with E-state index in [1.807, 2.05) is 0 Å². The van der Waals surface area contributed by atoms with E-state index in [4.69, 9.17) is 11.6 Å². The highest BCUT2D eigenvalue weighted by molar-refractivity contribution is 6.30. The highest BCUT2D eigenvalue weighted by Gasteiger charge is 2.18. The van der Waals surface area contributed by atoms with Gasteiger partial charge >= 0.3 is 0 Å². The van der Waals surface area contributed by atoms with Crippen molar-refractivity contribution in [2.45, 2.75) is 13.3 Å². The standard InChI is InChI=1S/C16H12ClFN4O/c1-10-16(15(23)7-11-6-12(17)9-19-8-11)20-21-22(10)14-4-2-13(18)3-5-14/h2-6,8-9H,7H2,1H3. The molecule has 2 heterocycles. The molecule has 0 aliphatic carbocycles. The Morgan fingerprint density at radius 2 is 2.00 bits per heavy atom. The topological polar surface area (TPSA) is 60.7 Å². The van der Waals surface area contributed by atoms with Crippen molar-refractivity contribution >= 4 is 17.4 Å². The van der Waals surface area contributed by atoms with E-state index in [2.05, 4.69) is 15.3 Å². The number of nitrogens with zero attached hydrogens (tertiary/aromatic N) is 4. The fourth-order valence-electron chi connectivity index (χ4n) is 2.24. The largest absolute Gasteiger partial charge is 0.292 e. The molecule has 0 saturated heterocycles. The summed E-state index contributed by atoms with van der Waals surface area (Å²) in [5, 5.41) is 8.40. The van der Waals surface area contributed by atoms with Crippen molar-refractivity contribution in [3.05, 3.63) is 70.5 Å². The van der Waals surface area contributed by atoms with E-state index in [0.717, 1.165) is 0 Å². The van der Waals surface area contributed by atoms with Gasteiger partial charge in [0.1, 0.15) is 5.82 Å². The number of benzene rings is 1. The number of halogens is 2. The lowest BCUT2D eigenvalue weighted by Crippen LogP contribution is -2.07. The normalized spacial score (nSPS) is 10.7. The van der Waals surface area contributed by atoms with Crippen LogP contribution in [-0.2, 0) is 6.42 Å². The van der Waals surface area contributed by atoms with Crippen LogP contribution in [-0.4, -0.2) is 25.8 Å². The number of carbonyl (C=O) groups is 1. The minimum Gasteiger partial charge on any atom is -0.292 e. The Balaban J connectivity index is 1.86. The van der Waals surface area contributed by atoms with Crippen LogP contribution in [0.4, 0.5) is 4.39 Å². The second-order valence-electron chi connectivity index (χ2n) is 5.02. The van der Waals surface area contributed by atoms with Crippen LogP contribution in [0.3, 0.4) is 0 Å². The molecule has 0 aliphatic heterocycles. The average Bonchev–Trinajstić information content (AvgIpc) is 2.90. The maximum atomic E-state index is 13.0. The van der Waals surface area contributed by atoms with E-state index < -0.39 is 0 Å². The summed E-state index contributed by atoms with van der Waals surface area (Å²) in [6.07, 6.45) is 3.23. The summed E-state index contributed by atoms with van der Waals surface area (Å²) in [7, 11) is 0. The molecule has 3 rings (SSSR count). The predicted molar refractivity (Wildman–Crippen MR) is 83.3 cm³/mol. The quantitative estimate of drug-likeness (QED) is 0.689. The Hall–Kier alpha value is -2.60. The van der Waals surface area contributed by atoms with Gasteiger partial charge in [-0.1, -0.05) is 16.8 Å². The van der Waals surface area contributed by atoms with E-state index in [0.29, 0.717) is 22.0 Å². The van der Waals surface area contributed by atoms with Crippen LogP contribution in [0, 0.1) is 12.7 Å². The van der Waals surface area contributed by atoms with E-state index in [1.54, 1.807) is 31.3 Å². The number of ketones is 1. The lowest BCUT2D eigenvalue weighted by molar-refractivity contribution is 0.0987. The van der Waals surface area contributed by atoms with Gasteiger partial charge in [-0.05, 0) is 42.8 Å². The summed E-state index contributed by atoms with van der Waals surface area (Å²) in [6, 6.07) is 7.50. The van der Waals surface area contributed by atoms with Crippen LogP contribution in [0.2, 0.25) is 5.02 Å². The molecule has 0 amide bonds. The van der Waals surface area contributed by atoms with Gasteiger partial charge in [0, 0.05) is 18.8 Å². The van der Waals surface area contributed by atoms with Crippen molar-refractivity contribution in [2.24, 2.45) is 0 Å². The number of Topliss-reactive ketones (excluding diaryl/α,β-unsaturated/α-hetero) is 1. The fraction of sp³-hybridized carbons (Fsp3) is 0.125. The summed E-state index contributed by atoms with van der Waals surface area (Å²) >= 11 is 5.87. The van der Waals surface area contributed by atoms with Crippen molar-refractivity contribution < 1.29 is 9.18 Å². The first-order valence-electron chi connectivity index (χ1n) is 6.85. The molecule has 0 N–H and O–H groups in total. The van der Waals surface area contributed by atoms with Gasteiger partial charge in [0.05, 0.1) is 16.4 Å². The fourth-order valence-corrected chi connectivity index (χ4v) is 2.43. The minimum atomic E-state index is -0.337. The molecule has 0 radical (unpaired) electrons. The van der Waals surface area contributed by atoms with E-state index in [9.17, 15) is 9.18 Å². The molecule has 3 aromatic rings. The molecule has 0 unspecified atom stereocenters. The third kappa shape index (κ3) is 3.27. The first-order valence-corrected chi connectivity index (χ1v) is 7.23. The van der Waals surface area contributed by atoms with Crippen LogP contribution >= 0.6 is 11.6 Å². The zero-order valence-electron chi connectivity index (χ0n) is 12.2. The van der Waals surface area contributed by atoms with Gasteiger partial charge in [0.15, 0.2) is 11.5 Å². The summed E-state index contributed by atoms with van der Waals surface area (Å²) in [6.45, 7) is 1.74. The number of hydrogen-bond acceptors (Lipinski definition) is 4. The Morgan fingerprint density at radius 1 is 1.26 bits per heavy atom. The SMILES string of the molecule is Cc1c(C(=O)Cc2cncc(Cl)c2)nnn1-c1ccc(F)cc1. The average molecular weight is 331 g/mol. The van der Waals surface area contributed by atoms with Crippen LogP contribution in [0.5, 0.6) is 0 Å². The molecule has 0 atom stereocenters. The van der Waals surface area contributed by atoms with Crippen LogP contribution in [0.25, 0.3) is 5.69 Å². The van der Waals surface area contributed by atoms with Crippen LogP contribution in [0.15, 0.2) is 42.7 Å². The monoisotopic (exact) mass is 330 g/mol. The Bertz CT molecular complexity index is 861. The van der Waals surface area contributed by atoms with Gasteiger partial charge in [-0.3, -0.25) is 9.78 Å². The number of hydrogen-bond donors (Lipinski definition) is 0. The molecular formula is C16H12ClFN4O. The van der Waals surface area contributed by atoms with Crippen molar-refractivity contribution in [3.63, 3.8) is 0 Å². The Labute approximate surface area is 136 Å². The van der Waals surface area contributed by atoms with Crippen molar-refractivity contribution in [2.75, 3.05) is 0 Å². The molecule has 116 valence electrons. The highest BCUT2D eigenvalue weighted by Crippen LogP contribution is 2.16. The van der Waals surface area contributed by atoms with Crippen LogP contribution in [0.1, 0.15) is 21.7 Å². The van der Waals surface area contributed by atoms with E-state index >= 15 is 0 Å². The molecule has 0 saturated carbocycles. The zero-order chi connectivity index (χ0) is 16.4. The van der Waals surface area contributed by atoms with Crippen molar-refractivity contribution in [3.8, 4) is 5.69 Å². The number of aromatic nitrogens is 4. The third-order valence-corrected chi connectivity index (χ3v) is 3.56. The summed E-state index contributed by atoms with van der Waals surface area (Å²) in [4.78, 5) is 16.4. The Morgan fingerprint density at radius 3 is 2.70 bits per heavy atom. The number of rotatable bonds is 4. The second kappa shape index (κ2) is 6.26. The molecule has 0 bridgehead atoms. The molecule has 0 fully saturated rings. The smallest absolute Gasteiger partial charge is 0.189 e. The maximum absolute atomic E-state index is 13.0. The van der Waals surface area contributed by atoms with E-state index in [-0.39, 0.29) is 23.7 Å². The van der Waals surface area contributed by atoms with Crippen molar-refractivity contribution in [1.82, 2.24) is 20.0 Å². The minimum absolute atomic E-state index is 0.135. The van der Waals surface area contributed by atoms with Gasteiger partial charge in [0.2, 0.25) is 0 Å². The first-order chi connectivity index (χ1) is 11.0. The predicted octanol–water partition coefficient (Wildman–Crippen LogP) is 3.19. The van der Waals surface area contributed by atoms with Crippen LogP contribution < -0.4 is 0 Å². The first kappa shape index (κ1) is 15.3.